The molecule has 1 N–H and O–H groups in total. The molecule has 0 saturated carbocycles. The molecule has 0 radical (unpaired) electrons. The SMILES string of the molecule is CCCCc1ccc(N2C(=O)C[C@@H](N3CCN(c4ccccc4O)CC3)C2=O)cc1. The van der Waals surface area contributed by atoms with Gasteiger partial charge in [-0.15, -0.1) is 0 Å². The fraction of sp³-hybridized carbons (Fsp3) is 0.417. The van der Waals surface area contributed by atoms with Crippen LogP contribution in [0.4, 0.5) is 11.4 Å². The number of nitrogens with zero attached hydrogens (tertiary/aromatic N) is 3. The maximum absolute atomic E-state index is 13.1. The lowest BCUT2D eigenvalue weighted by atomic mass is 10.1. The van der Waals surface area contributed by atoms with Gasteiger partial charge in [0, 0.05) is 26.2 Å². The third-order valence-corrected chi connectivity index (χ3v) is 6.11. The number of phenols is 1. The van der Waals surface area contributed by atoms with E-state index in [1.54, 1.807) is 6.07 Å². The molecule has 2 saturated heterocycles. The lowest BCUT2D eigenvalue weighted by Gasteiger charge is -2.38. The van der Waals surface area contributed by atoms with Gasteiger partial charge in [0.1, 0.15) is 5.75 Å². The van der Waals surface area contributed by atoms with E-state index < -0.39 is 6.04 Å². The van der Waals surface area contributed by atoms with Crippen LogP contribution in [0.15, 0.2) is 48.5 Å². The zero-order valence-electron chi connectivity index (χ0n) is 17.5. The van der Waals surface area contributed by atoms with Crippen LogP contribution < -0.4 is 9.80 Å². The van der Waals surface area contributed by atoms with Crippen molar-refractivity contribution in [1.82, 2.24) is 4.90 Å². The predicted molar refractivity (Wildman–Crippen MR) is 118 cm³/mol. The van der Waals surface area contributed by atoms with Crippen molar-refractivity contribution in [2.24, 2.45) is 0 Å². The molecule has 158 valence electrons. The molecule has 2 aromatic carbocycles. The Hall–Kier alpha value is -2.86. The Balaban J connectivity index is 1.40. The van der Waals surface area contributed by atoms with E-state index in [9.17, 15) is 14.7 Å². The number of carbonyl (C=O) groups is 2. The van der Waals surface area contributed by atoms with Crippen molar-refractivity contribution in [2.75, 3.05) is 36.0 Å². The van der Waals surface area contributed by atoms with E-state index in [0.29, 0.717) is 31.9 Å². The molecule has 0 spiro atoms. The first kappa shape index (κ1) is 20.4. The van der Waals surface area contributed by atoms with Gasteiger partial charge >= 0.3 is 0 Å². The van der Waals surface area contributed by atoms with E-state index in [1.807, 2.05) is 42.5 Å². The molecule has 0 unspecified atom stereocenters. The van der Waals surface area contributed by atoms with E-state index in [4.69, 9.17) is 0 Å². The van der Waals surface area contributed by atoms with Gasteiger partial charge in [-0.05, 0) is 42.7 Å². The molecule has 6 heteroatoms. The van der Waals surface area contributed by atoms with Crippen molar-refractivity contribution in [3.8, 4) is 5.75 Å². The monoisotopic (exact) mass is 407 g/mol. The molecule has 4 rings (SSSR count). The Labute approximate surface area is 177 Å². The molecule has 2 aliphatic heterocycles. The number of imide groups is 1. The fourth-order valence-corrected chi connectivity index (χ4v) is 4.37. The van der Waals surface area contributed by atoms with Crippen molar-refractivity contribution >= 4 is 23.2 Å². The zero-order valence-corrected chi connectivity index (χ0v) is 17.5. The highest BCUT2D eigenvalue weighted by atomic mass is 16.3. The second-order valence-electron chi connectivity index (χ2n) is 8.07. The molecule has 0 bridgehead atoms. The fourth-order valence-electron chi connectivity index (χ4n) is 4.37. The van der Waals surface area contributed by atoms with Crippen molar-refractivity contribution in [3.63, 3.8) is 0 Å². The van der Waals surface area contributed by atoms with E-state index in [1.165, 1.54) is 10.5 Å². The second-order valence-corrected chi connectivity index (χ2v) is 8.07. The Bertz CT molecular complexity index is 904. The van der Waals surface area contributed by atoms with Gasteiger partial charge in [0.25, 0.3) is 5.91 Å². The summed E-state index contributed by atoms with van der Waals surface area (Å²) in [5.74, 6) is 0.0124. The molecule has 2 amide bonds. The minimum Gasteiger partial charge on any atom is -0.506 e. The van der Waals surface area contributed by atoms with Gasteiger partial charge < -0.3 is 10.0 Å². The summed E-state index contributed by atoms with van der Waals surface area (Å²) in [6.45, 7) is 4.95. The molecular weight excluding hydrogens is 378 g/mol. The van der Waals surface area contributed by atoms with Crippen LogP contribution in [0.5, 0.6) is 5.75 Å². The molecular formula is C24H29N3O3. The van der Waals surface area contributed by atoms with Gasteiger partial charge in [-0.3, -0.25) is 14.5 Å². The molecule has 1 atom stereocenters. The molecule has 0 aliphatic carbocycles. The number of aromatic hydroxyl groups is 1. The molecule has 2 heterocycles. The first-order chi connectivity index (χ1) is 14.6. The number of para-hydroxylation sites is 2. The molecule has 0 aromatic heterocycles. The van der Waals surface area contributed by atoms with Gasteiger partial charge in [-0.1, -0.05) is 37.6 Å². The highest BCUT2D eigenvalue weighted by Crippen LogP contribution is 2.30. The van der Waals surface area contributed by atoms with E-state index in [2.05, 4.69) is 16.7 Å². The van der Waals surface area contributed by atoms with Crippen LogP contribution >= 0.6 is 0 Å². The van der Waals surface area contributed by atoms with Crippen molar-refractivity contribution < 1.29 is 14.7 Å². The quantitative estimate of drug-likeness (QED) is 0.745. The Morgan fingerprint density at radius 2 is 1.67 bits per heavy atom. The smallest absolute Gasteiger partial charge is 0.251 e. The number of benzene rings is 2. The highest BCUT2D eigenvalue weighted by Gasteiger charge is 2.43. The number of phenolic OH excluding ortho intramolecular Hbond substituents is 1. The summed E-state index contributed by atoms with van der Waals surface area (Å²) in [7, 11) is 0. The standard InChI is InChI=1S/C24H29N3O3/c1-2-3-6-18-9-11-19(12-10-18)27-23(29)17-21(24(27)30)26-15-13-25(14-16-26)20-7-4-5-8-22(20)28/h4-5,7-12,21,28H,2-3,6,13-17H2,1H3/t21-/m1/s1. The third kappa shape index (κ3) is 4.05. The van der Waals surface area contributed by atoms with E-state index in [-0.39, 0.29) is 24.0 Å². The number of carbonyl (C=O) groups excluding carboxylic acids is 2. The third-order valence-electron chi connectivity index (χ3n) is 6.11. The minimum absolute atomic E-state index is 0.127. The first-order valence-corrected chi connectivity index (χ1v) is 10.8. The topological polar surface area (TPSA) is 64.1 Å². The van der Waals surface area contributed by atoms with E-state index in [0.717, 1.165) is 24.9 Å². The summed E-state index contributed by atoms with van der Waals surface area (Å²) >= 11 is 0. The summed E-state index contributed by atoms with van der Waals surface area (Å²) in [6.07, 6.45) is 3.52. The van der Waals surface area contributed by atoms with Crippen LogP contribution in [-0.4, -0.2) is 54.0 Å². The lowest BCUT2D eigenvalue weighted by Crippen LogP contribution is -2.52. The Kier molecular flexibility index (Phi) is 6.04. The minimum atomic E-state index is -0.399. The number of hydrogen-bond acceptors (Lipinski definition) is 5. The summed E-state index contributed by atoms with van der Waals surface area (Å²) in [6, 6.07) is 14.7. The average molecular weight is 408 g/mol. The molecule has 2 aliphatic rings. The molecule has 30 heavy (non-hydrogen) atoms. The lowest BCUT2D eigenvalue weighted by molar-refractivity contribution is -0.123. The molecule has 2 aromatic rings. The Morgan fingerprint density at radius 3 is 2.33 bits per heavy atom. The van der Waals surface area contributed by atoms with E-state index >= 15 is 0 Å². The number of rotatable bonds is 6. The summed E-state index contributed by atoms with van der Waals surface area (Å²) in [5, 5.41) is 10.1. The summed E-state index contributed by atoms with van der Waals surface area (Å²) in [4.78, 5) is 31.3. The number of piperazine rings is 1. The van der Waals surface area contributed by atoms with Crippen molar-refractivity contribution in [3.05, 3.63) is 54.1 Å². The maximum Gasteiger partial charge on any atom is 0.251 e. The largest absolute Gasteiger partial charge is 0.506 e. The van der Waals surface area contributed by atoms with Crippen LogP contribution in [0.1, 0.15) is 31.7 Å². The number of anilines is 2. The van der Waals surface area contributed by atoms with Crippen LogP contribution in [-0.2, 0) is 16.0 Å². The summed E-state index contributed by atoms with van der Waals surface area (Å²) in [5.41, 5.74) is 2.72. The number of aryl methyl sites for hydroxylation is 1. The van der Waals surface area contributed by atoms with Gasteiger partial charge in [0.05, 0.1) is 23.8 Å². The normalized spacial score (nSPS) is 20.2. The zero-order chi connectivity index (χ0) is 21.1. The first-order valence-electron chi connectivity index (χ1n) is 10.8. The predicted octanol–water partition coefficient (Wildman–Crippen LogP) is 3.19. The molecule has 2 fully saturated rings. The van der Waals surface area contributed by atoms with Crippen LogP contribution in [0.3, 0.4) is 0 Å². The number of unbranched alkanes of at least 4 members (excludes halogenated alkanes) is 1. The van der Waals surface area contributed by atoms with Gasteiger partial charge in [-0.2, -0.15) is 0 Å². The van der Waals surface area contributed by atoms with Gasteiger partial charge in [0.15, 0.2) is 0 Å². The second kappa shape index (κ2) is 8.88. The van der Waals surface area contributed by atoms with Crippen molar-refractivity contribution in [2.45, 2.75) is 38.6 Å². The van der Waals surface area contributed by atoms with Gasteiger partial charge in [0.2, 0.25) is 5.91 Å². The average Bonchev–Trinajstić information content (AvgIpc) is 3.07. The summed E-state index contributed by atoms with van der Waals surface area (Å²) < 4.78 is 0. The highest BCUT2D eigenvalue weighted by molar-refractivity contribution is 6.22. The van der Waals surface area contributed by atoms with Crippen molar-refractivity contribution in [1.29, 1.82) is 0 Å². The van der Waals surface area contributed by atoms with Crippen LogP contribution in [0.25, 0.3) is 0 Å². The van der Waals surface area contributed by atoms with Crippen LogP contribution in [0.2, 0.25) is 0 Å². The van der Waals surface area contributed by atoms with Gasteiger partial charge in [-0.25, -0.2) is 4.90 Å². The maximum atomic E-state index is 13.1. The Morgan fingerprint density at radius 1 is 0.967 bits per heavy atom. The van der Waals surface area contributed by atoms with Crippen LogP contribution in [0, 0.1) is 0 Å². The molecule has 6 nitrogen and oxygen atoms in total. The number of amides is 2. The number of hydrogen-bond donors (Lipinski definition) is 1.